The first-order valence-electron chi connectivity index (χ1n) is 6.42. The van der Waals surface area contributed by atoms with Gasteiger partial charge in [0.05, 0.1) is 17.3 Å². The number of amides is 1. The van der Waals surface area contributed by atoms with Gasteiger partial charge in [-0.3, -0.25) is 9.79 Å². The minimum absolute atomic E-state index is 0.0404. The molecule has 0 saturated carbocycles. The first kappa shape index (κ1) is 11.4. The van der Waals surface area contributed by atoms with Crippen molar-refractivity contribution in [2.24, 2.45) is 10.9 Å². The Morgan fingerprint density at radius 1 is 1.50 bits per heavy atom. The summed E-state index contributed by atoms with van der Waals surface area (Å²) in [6, 6.07) is 6.22. The Morgan fingerprint density at radius 2 is 2.39 bits per heavy atom. The molecule has 3 rings (SSSR count). The van der Waals surface area contributed by atoms with Crippen molar-refractivity contribution < 1.29 is 4.79 Å². The highest BCUT2D eigenvalue weighted by atomic mass is 16.2. The summed E-state index contributed by atoms with van der Waals surface area (Å²) in [6.07, 6.45) is 1.93. The molecular weight excluding hydrogens is 226 g/mol. The van der Waals surface area contributed by atoms with Gasteiger partial charge in [0.2, 0.25) is 5.91 Å². The van der Waals surface area contributed by atoms with Crippen LogP contribution in [0.2, 0.25) is 0 Å². The van der Waals surface area contributed by atoms with Crippen LogP contribution < -0.4 is 10.6 Å². The number of fused-ring (bicyclic) bond motifs is 3. The molecule has 0 aliphatic carbocycles. The van der Waals surface area contributed by atoms with E-state index in [4.69, 9.17) is 0 Å². The van der Waals surface area contributed by atoms with Gasteiger partial charge in [0.25, 0.3) is 0 Å². The number of anilines is 1. The van der Waals surface area contributed by atoms with Crippen LogP contribution in [0, 0.1) is 5.92 Å². The molecule has 94 valence electrons. The Balaban J connectivity index is 2.04. The molecule has 0 fully saturated rings. The van der Waals surface area contributed by atoms with Crippen molar-refractivity contribution in [1.82, 2.24) is 5.32 Å². The molecule has 2 aliphatic rings. The predicted molar refractivity (Wildman–Crippen MR) is 72.0 cm³/mol. The van der Waals surface area contributed by atoms with Crippen molar-refractivity contribution in [1.29, 1.82) is 0 Å². The average Bonchev–Trinajstić information content (AvgIpc) is 2.39. The average molecular weight is 243 g/mol. The maximum atomic E-state index is 12.1. The Kier molecular flexibility index (Phi) is 2.88. The number of carbonyl (C=O) groups excluding carboxylic acids is 1. The second-order valence-corrected chi connectivity index (χ2v) is 4.86. The van der Waals surface area contributed by atoms with Crippen LogP contribution in [0.4, 0.5) is 5.69 Å². The lowest BCUT2D eigenvalue weighted by molar-refractivity contribution is -0.118. The Labute approximate surface area is 106 Å². The zero-order chi connectivity index (χ0) is 12.5. The standard InChI is InChI=1S/C14H17N3O/c1-15-8-9-4-5-10-12(7-9)17-14(18)11-3-2-6-16-13(10)11/h4-5,7,11,15H,2-3,6,8H2,1H3,(H,17,18). The summed E-state index contributed by atoms with van der Waals surface area (Å²) in [6.45, 7) is 1.65. The van der Waals surface area contributed by atoms with Crippen molar-refractivity contribution in [3.05, 3.63) is 29.3 Å². The quantitative estimate of drug-likeness (QED) is 0.828. The van der Waals surface area contributed by atoms with Gasteiger partial charge in [-0.05, 0) is 31.5 Å². The molecule has 4 heteroatoms. The summed E-state index contributed by atoms with van der Waals surface area (Å²) < 4.78 is 0. The second-order valence-electron chi connectivity index (χ2n) is 4.86. The SMILES string of the molecule is CNCc1ccc2c(c1)NC(=O)C1CCCN=C21. The molecule has 4 nitrogen and oxygen atoms in total. The number of aliphatic imine (C=N–C) groups is 1. The molecule has 2 heterocycles. The molecule has 0 radical (unpaired) electrons. The van der Waals surface area contributed by atoms with Crippen LogP contribution in [0.25, 0.3) is 0 Å². The van der Waals surface area contributed by atoms with Gasteiger partial charge in [-0.2, -0.15) is 0 Å². The molecule has 2 aliphatic heterocycles. The number of hydrogen-bond acceptors (Lipinski definition) is 3. The zero-order valence-electron chi connectivity index (χ0n) is 10.5. The number of nitrogens with zero attached hydrogens (tertiary/aromatic N) is 1. The van der Waals surface area contributed by atoms with E-state index in [1.165, 1.54) is 5.56 Å². The van der Waals surface area contributed by atoms with E-state index >= 15 is 0 Å². The van der Waals surface area contributed by atoms with Gasteiger partial charge < -0.3 is 10.6 Å². The molecule has 1 aromatic carbocycles. The van der Waals surface area contributed by atoms with Crippen LogP contribution in [0.5, 0.6) is 0 Å². The summed E-state index contributed by atoms with van der Waals surface area (Å²) in [4.78, 5) is 16.6. The number of nitrogens with one attached hydrogen (secondary N) is 2. The normalized spacial score (nSPS) is 21.7. The van der Waals surface area contributed by atoms with Crippen LogP contribution >= 0.6 is 0 Å². The molecule has 18 heavy (non-hydrogen) atoms. The maximum Gasteiger partial charge on any atom is 0.233 e. The predicted octanol–water partition coefficient (Wildman–Crippen LogP) is 1.56. The fourth-order valence-electron chi connectivity index (χ4n) is 2.72. The van der Waals surface area contributed by atoms with Gasteiger partial charge in [0.15, 0.2) is 0 Å². The highest BCUT2D eigenvalue weighted by Gasteiger charge is 2.33. The van der Waals surface area contributed by atoms with Crippen LogP contribution in [-0.4, -0.2) is 25.2 Å². The first-order chi connectivity index (χ1) is 8.79. The molecule has 0 bridgehead atoms. The van der Waals surface area contributed by atoms with E-state index in [9.17, 15) is 4.79 Å². The van der Waals surface area contributed by atoms with Crippen molar-refractivity contribution in [2.75, 3.05) is 18.9 Å². The van der Waals surface area contributed by atoms with Crippen molar-refractivity contribution in [3.63, 3.8) is 0 Å². The first-order valence-corrected chi connectivity index (χ1v) is 6.42. The Morgan fingerprint density at radius 3 is 3.22 bits per heavy atom. The summed E-state index contributed by atoms with van der Waals surface area (Å²) in [5.41, 5.74) is 4.16. The van der Waals surface area contributed by atoms with Gasteiger partial charge >= 0.3 is 0 Å². The van der Waals surface area contributed by atoms with E-state index in [2.05, 4.69) is 27.8 Å². The molecule has 2 N–H and O–H groups in total. The van der Waals surface area contributed by atoms with Crippen molar-refractivity contribution in [3.8, 4) is 0 Å². The summed E-state index contributed by atoms with van der Waals surface area (Å²) >= 11 is 0. The number of benzene rings is 1. The molecule has 0 saturated heterocycles. The van der Waals surface area contributed by atoms with Crippen LogP contribution in [0.1, 0.15) is 24.0 Å². The third-order valence-corrected chi connectivity index (χ3v) is 3.58. The van der Waals surface area contributed by atoms with Crippen LogP contribution in [-0.2, 0) is 11.3 Å². The van der Waals surface area contributed by atoms with Gasteiger partial charge in [0, 0.05) is 18.7 Å². The Bertz CT molecular complexity index is 522. The van der Waals surface area contributed by atoms with E-state index in [1.54, 1.807) is 0 Å². The summed E-state index contributed by atoms with van der Waals surface area (Å²) in [5, 5.41) is 6.13. The third kappa shape index (κ3) is 1.82. The minimum Gasteiger partial charge on any atom is -0.325 e. The molecule has 1 unspecified atom stereocenters. The largest absolute Gasteiger partial charge is 0.325 e. The molecule has 0 spiro atoms. The highest BCUT2D eigenvalue weighted by molar-refractivity contribution is 6.23. The van der Waals surface area contributed by atoms with Gasteiger partial charge in [-0.25, -0.2) is 0 Å². The summed E-state index contributed by atoms with van der Waals surface area (Å²) in [7, 11) is 1.92. The van der Waals surface area contributed by atoms with Crippen LogP contribution in [0.3, 0.4) is 0 Å². The number of hydrogen-bond donors (Lipinski definition) is 2. The lowest BCUT2D eigenvalue weighted by Gasteiger charge is -2.29. The fraction of sp³-hybridized carbons (Fsp3) is 0.429. The second kappa shape index (κ2) is 4.53. The van der Waals surface area contributed by atoms with Gasteiger partial charge in [-0.15, -0.1) is 0 Å². The van der Waals surface area contributed by atoms with E-state index in [1.807, 2.05) is 13.1 Å². The zero-order valence-corrected chi connectivity index (χ0v) is 10.5. The van der Waals surface area contributed by atoms with Crippen LogP contribution in [0.15, 0.2) is 23.2 Å². The highest BCUT2D eigenvalue weighted by Crippen LogP contribution is 2.31. The molecular formula is C14H17N3O. The third-order valence-electron chi connectivity index (χ3n) is 3.58. The lowest BCUT2D eigenvalue weighted by Crippen LogP contribution is -2.37. The topological polar surface area (TPSA) is 53.5 Å². The van der Waals surface area contributed by atoms with Crippen molar-refractivity contribution in [2.45, 2.75) is 19.4 Å². The van der Waals surface area contributed by atoms with Gasteiger partial charge in [0.1, 0.15) is 0 Å². The van der Waals surface area contributed by atoms with E-state index in [0.717, 1.165) is 42.9 Å². The van der Waals surface area contributed by atoms with E-state index in [-0.39, 0.29) is 11.8 Å². The number of carbonyl (C=O) groups is 1. The van der Waals surface area contributed by atoms with Gasteiger partial charge in [-0.1, -0.05) is 12.1 Å². The fourth-order valence-corrected chi connectivity index (χ4v) is 2.72. The molecule has 1 amide bonds. The smallest absolute Gasteiger partial charge is 0.233 e. The molecule has 0 aromatic heterocycles. The van der Waals surface area contributed by atoms with E-state index < -0.39 is 0 Å². The Hall–Kier alpha value is -1.68. The van der Waals surface area contributed by atoms with Crippen molar-refractivity contribution >= 4 is 17.3 Å². The lowest BCUT2D eigenvalue weighted by atomic mass is 9.85. The molecule has 1 atom stereocenters. The van der Waals surface area contributed by atoms with E-state index in [0.29, 0.717) is 0 Å². The molecule has 1 aromatic rings. The number of rotatable bonds is 2. The minimum atomic E-state index is -0.0404. The maximum absolute atomic E-state index is 12.1. The monoisotopic (exact) mass is 243 g/mol. The summed E-state index contributed by atoms with van der Waals surface area (Å²) in [5.74, 6) is 0.0592.